The van der Waals surface area contributed by atoms with Crippen LogP contribution in [0.1, 0.15) is 17.9 Å². The molecular weight excluding hydrogens is 361 g/mol. The number of hydrogen-bond acceptors (Lipinski definition) is 4. The number of nitrogens with zero attached hydrogens (tertiary/aromatic N) is 5. The molecule has 0 saturated carbocycles. The van der Waals surface area contributed by atoms with Gasteiger partial charge in [0.05, 0.1) is 5.69 Å². The first-order valence-corrected chi connectivity index (χ1v) is 8.31. The molecule has 0 bridgehead atoms. The molecule has 27 heavy (non-hydrogen) atoms. The van der Waals surface area contributed by atoms with Crippen LogP contribution in [-0.2, 0) is 23.9 Å². The molecule has 0 saturated heterocycles. The lowest BCUT2D eigenvalue weighted by Crippen LogP contribution is -2.32. The van der Waals surface area contributed by atoms with Crippen molar-refractivity contribution in [2.45, 2.75) is 25.6 Å². The van der Waals surface area contributed by atoms with Crippen molar-refractivity contribution in [2.75, 3.05) is 5.32 Å². The van der Waals surface area contributed by atoms with Gasteiger partial charge in [-0.2, -0.15) is 13.2 Å². The second-order valence-electron chi connectivity index (χ2n) is 6.26. The molecule has 1 amide bonds. The summed E-state index contributed by atoms with van der Waals surface area (Å²) in [7, 11) is 0. The first-order chi connectivity index (χ1) is 12.9. The number of benzene rings is 1. The number of carbonyl (C=O) groups excluding carboxylic acids is 1. The number of para-hydroxylation sites is 1. The molecule has 1 aromatic carbocycles. The Hall–Kier alpha value is -3.17. The minimum Gasteiger partial charge on any atom is -0.324 e. The third-order valence-corrected chi connectivity index (χ3v) is 4.54. The number of aromatic nitrogens is 5. The highest BCUT2D eigenvalue weighted by Crippen LogP contribution is 2.32. The van der Waals surface area contributed by atoms with E-state index in [1.54, 1.807) is 4.57 Å². The Bertz CT molecular complexity index is 963. The van der Waals surface area contributed by atoms with Crippen LogP contribution in [0.5, 0.6) is 0 Å². The van der Waals surface area contributed by atoms with Crippen molar-refractivity contribution in [1.29, 1.82) is 0 Å². The molecule has 0 aliphatic carbocycles. The van der Waals surface area contributed by atoms with Crippen molar-refractivity contribution in [2.24, 2.45) is 5.92 Å². The van der Waals surface area contributed by atoms with Gasteiger partial charge < -0.3 is 4.57 Å². The normalized spacial score (nSPS) is 16.8. The van der Waals surface area contributed by atoms with Crippen LogP contribution in [0.3, 0.4) is 0 Å². The average Bonchev–Trinajstić information content (AvgIpc) is 3.28. The minimum absolute atomic E-state index is 0.0909. The van der Waals surface area contributed by atoms with Crippen molar-refractivity contribution < 1.29 is 18.0 Å². The van der Waals surface area contributed by atoms with E-state index in [1.165, 1.54) is 12.5 Å². The Kier molecular flexibility index (Phi) is 4.17. The minimum atomic E-state index is -4.50. The van der Waals surface area contributed by atoms with Crippen molar-refractivity contribution >= 4 is 11.9 Å². The molecule has 0 fully saturated rings. The van der Waals surface area contributed by atoms with Gasteiger partial charge in [-0.25, -0.2) is 4.98 Å². The number of fused-ring (bicyclic) bond motifs is 1. The van der Waals surface area contributed by atoms with Gasteiger partial charge in [-0.1, -0.05) is 18.2 Å². The molecule has 4 rings (SSSR count). The van der Waals surface area contributed by atoms with Gasteiger partial charge in [-0.3, -0.25) is 14.7 Å². The fraction of sp³-hybridized carbons (Fsp3) is 0.294. The lowest BCUT2D eigenvalue weighted by atomic mass is 9.95. The number of alkyl halides is 3. The molecule has 1 aliphatic rings. The Balaban J connectivity index is 1.50. The zero-order chi connectivity index (χ0) is 19.0. The van der Waals surface area contributed by atoms with Crippen LogP contribution in [0.4, 0.5) is 19.1 Å². The van der Waals surface area contributed by atoms with E-state index in [0.29, 0.717) is 5.69 Å². The van der Waals surface area contributed by atoms with Crippen LogP contribution in [-0.4, -0.2) is 30.2 Å². The van der Waals surface area contributed by atoms with Crippen LogP contribution in [0.25, 0.3) is 5.69 Å². The number of halogens is 3. The van der Waals surface area contributed by atoms with Crippen molar-refractivity contribution in [3.63, 3.8) is 0 Å². The molecule has 140 valence electrons. The Morgan fingerprint density at radius 1 is 1.22 bits per heavy atom. The lowest BCUT2D eigenvalue weighted by Gasteiger charge is -2.24. The summed E-state index contributed by atoms with van der Waals surface area (Å²) in [5.74, 6) is -1.42. The van der Waals surface area contributed by atoms with Crippen LogP contribution in [0.2, 0.25) is 0 Å². The number of imidazole rings is 1. The SMILES string of the molecule is O=C(Nc1nncn1-c1ccccc1)[C@@H]1CCn2c(cnc2C(F)(F)F)C1. The third-order valence-electron chi connectivity index (χ3n) is 4.54. The smallest absolute Gasteiger partial charge is 0.324 e. The van der Waals surface area contributed by atoms with Gasteiger partial charge in [0.1, 0.15) is 6.33 Å². The summed E-state index contributed by atoms with van der Waals surface area (Å²) >= 11 is 0. The Labute approximate surface area is 151 Å². The highest BCUT2D eigenvalue weighted by molar-refractivity contribution is 5.91. The van der Waals surface area contributed by atoms with E-state index >= 15 is 0 Å². The average molecular weight is 376 g/mol. The summed E-state index contributed by atoms with van der Waals surface area (Å²) < 4.78 is 41.6. The van der Waals surface area contributed by atoms with Crippen molar-refractivity contribution in [1.82, 2.24) is 24.3 Å². The number of amides is 1. The summed E-state index contributed by atoms with van der Waals surface area (Å²) in [5, 5.41) is 10.5. The molecule has 0 radical (unpaired) electrons. The molecular formula is C17H15F3N6O. The quantitative estimate of drug-likeness (QED) is 0.762. The van der Waals surface area contributed by atoms with Gasteiger partial charge >= 0.3 is 6.18 Å². The summed E-state index contributed by atoms with van der Waals surface area (Å²) in [6.45, 7) is 0.0909. The van der Waals surface area contributed by atoms with Crippen LogP contribution >= 0.6 is 0 Å². The maximum Gasteiger partial charge on any atom is 0.449 e. The monoisotopic (exact) mass is 376 g/mol. The van der Waals surface area contributed by atoms with Crippen molar-refractivity contribution in [3.05, 3.63) is 54.4 Å². The van der Waals surface area contributed by atoms with Gasteiger partial charge in [0.2, 0.25) is 17.7 Å². The predicted octanol–water partition coefficient (Wildman–Crippen LogP) is 2.68. The molecule has 3 heterocycles. The number of nitrogens with one attached hydrogen (secondary N) is 1. The highest BCUT2D eigenvalue weighted by atomic mass is 19.4. The second kappa shape index (κ2) is 6.53. The van der Waals surface area contributed by atoms with E-state index in [-0.39, 0.29) is 31.2 Å². The van der Waals surface area contributed by atoms with E-state index < -0.39 is 17.9 Å². The van der Waals surface area contributed by atoms with E-state index in [4.69, 9.17) is 0 Å². The van der Waals surface area contributed by atoms with E-state index in [1.807, 2.05) is 30.3 Å². The molecule has 0 spiro atoms. The van der Waals surface area contributed by atoms with E-state index in [9.17, 15) is 18.0 Å². The van der Waals surface area contributed by atoms with Crippen molar-refractivity contribution in [3.8, 4) is 5.69 Å². The largest absolute Gasteiger partial charge is 0.449 e. The van der Waals surface area contributed by atoms with E-state index in [0.717, 1.165) is 10.3 Å². The second-order valence-corrected chi connectivity index (χ2v) is 6.26. The topological polar surface area (TPSA) is 77.6 Å². The van der Waals surface area contributed by atoms with Crippen LogP contribution in [0, 0.1) is 5.92 Å². The van der Waals surface area contributed by atoms with Gasteiger partial charge in [0, 0.05) is 30.8 Å². The van der Waals surface area contributed by atoms with Crippen LogP contribution in [0.15, 0.2) is 42.9 Å². The Morgan fingerprint density at radius 3 is 2.74 bits per heavy atom. The molecule has 10 heteroatoms. The summed E-state index contributed by atoms with van der Waals surface area (Å²) in [5.41, 5.74) is 1.19. The number of hydrogen-bond donors (Lipinski definition) is 1. The summed E-state index contributed by atoms with van der Waals surface area (Å²) in [6, 6.07) is 9.25. The number of carbonyl (C=O) groups is 1. The number of anilines is 1. The van der Waals surface area contributed by atoms with E-state index in [2.05, 4.69) is 20.5 Å². The van der Waals surface area contributed by atoms with Gasteiger partial charge in [-0.05, 0) is 18.6 Å². The highest BCUT2D eigenvalue weighted by Gasteiger charge is 2.39. The number of rotatable bonds is 3. The first kappa shape index (κ1) is 17.3. The van der Waals surface area contributed by atoms with Crippen LogP contribution < -0.4 is 5.32 Å². The first-order valence-electron chi connectivity index (χ1n) is 8.31. The van der Waals surface area contributed by atoms with Gasteiger partial charge in [0.15, 0.2) is 0 Å². The maximum absolute atomic E-state index is 12.9. The molecule has 0 unspecified atom stereocenters. The molecule has 1 atom stereocenters. The molecule has 1 N–H and O–H groups in total. The zero-order valence-electron chi connectivity index (χ0n) is 14.0. The maximum atomic E-state index is 12.9. The molecule has 7 nitrogen and oxygen atoms in total. The van der Waals surface area contributed by atoms with Gasteiger partial charge in [0.25, 0.3) is 0 Å². The molecule has 1 aliphatic heterocycles. The standard InChI is InChI=1S/C17H15F3N6O/c18-17(19,20)15-21-9-13-8-11(6-7-25(13)15)14(27)23-16-24-22-10-26(16)12-4-2-1-3-5-12/h1-5,9-11H,6-8H2,(H,23,24,27)/t11-/m1/s1. The molecule has 2 aromatic heterocycles. The summed E-state index contributed by atoms with van der Waals surface area (Å²) in [6.07, 6.45) is -1.35. The lowest BCUT2D eigenvalue weighted by molar-refractivity contribution is -0.147. The van der Waals surface area contributed by atoms with Gasteiger partial charge in [-0.15, -0.1) is 10.2 Å². The predicted molar refractivity (Wildman–Crippen MR) is 89.0 cm³/mol. The fourth-order valence-electron chi connectivity index (χ4n) is 3.22. The zero-order valence-corrected chi connectivity index (χ0v) is 14.0. The third kappa shape index (κ3) is 3.29. The summed E-state index contributed by atoms with van der Waals surface area (Å²) in [4.78, 5) is 16.1. The fourth-order valence-corrected chi connectivity index (χ4v) is 3.22. The molecule has 3 aromatic rings. The Morgan fingerprint density at radius 2 is 2.00 bits per heavy atom.